The Morgan fingerprint density at radius 2 is 2.18 bits per heavy atom. The lowest BCUT2D eigenvalue weighted by Crippen LogP contribution is -1.75. The van der Waals surface area contributed by atoms with E-state index in [4.69, 9.17) is 0 Å². The van der Waals surface area contributed by atoms with Crippen LogP contribution in [-0.2, 0) is 6.42 Å². The van der Waals surface area contributed by atoms with Gasteiger partial charge in [0.2, 0.25) is 0 Å². The van der Waals surface area contributed by atoms with Gasteiger partial charge in [0.05, 0.1) is 0 Å². The van der Waals surface area contributed by atoms with E-state index >= 15 is 0 Å². The van der Waals surface area contributed by atoms with E-state index in [-0.39, 0.29) is 0 Å². The van der Waals surface area contributed by atoms with Crippen LogP contribution >= 0.6 is 0 Å². The van der Waals surface area contributed by atoms with Crippen LogP contribution in [0.25, 0.3) is 10.9 Å². The first kappa shape index (κ1) is 6.47. The number of aryl methyl sites for hydroxylation is 1. The normalized spacial score (nSPS) is 10.6. The molecule has 0 aliphatic heterocycles. The van der Waals surface area contributed by atoms with Gasteiger partial charge < -0.3 is 4.98 Å². The lowest BCUT2D eigenvalue weighted by Gasteiger charge is -1.84. The summed E-state index contributed by atoms with van der Waals surface area (Å²) < 4.78 is 0. The fourth-order valence-corrected chi connectivity index (χ4v) is 1.23. The van der Waals surface area contributed by atoms with Crippen molar-refractivity contribution in [3.8, 4) is 0 Å². The van der Waals surface area contributed by atoms with Gasteiger partial charge in [0.1, 0.15) is 0 Å². The molecule has 11 heavy (non-hydrogen) atoms. The fourth-order valence-electron chi connectivity index (χ4n) is 1.23. The van der Waals surface area contributed by atoms with Gasteiger partial charge in [-0.15, -0.1) is 0 Å². The number of hydrogen-bond acceptors (Lipinski definition) is 0. The molecule has 1 radical (unpaired) electrons. The van der Waals surface area contributed by atoms with Crippen molar-refractivity contribution in [2.75, 3.05) is 0 Å². The summed E-state index contributed by atoms with van der Waals surface area (Å²) in [6.45, 7) is 2.13. The Bertz CT molecular complexity index is 327. The number of hydrogen-bond donors (Lipinski definition) is 1. The highest BCUT2D eigenvalue weighted by Crippen LogP contribution is 2.13. The molecule has 1 N–H and O–H groups in total. The van der Waals surface area contributed by atoms with Gasteiger partial charge in [0, 0.05) is 22.7 Å². The SMILES string of the molecule is CCc1[c]c2ccccc2[nH]1. The summed E-state index contributed by atoms with van der Waals surface area (Å²) in [5.41, 5.74) is 2.37. The second-order valence-corrected chi connectivity index (χ2v) is 2.63. The molecule has 1 nitrogen and oxygen atoms in total. The van der Waals surface area contributed by atoms with E-state index in [2.05, 4.69) is 30.1 Å². The average Bonchev–Trinajstić information content (AvgIpc) is 2.46. The van der Waals surface area contributed by atoms with Gasteiger partial charge in [0.25, 0.3) is 0 Å². The number of benzene rings is 1. The highest BCUT2D eigenvalue weighted by Gasteiger charge is 1.96. The molecule has 0 bridgehead atoms. The zero-order valence-corrected chi connectivity index (χ0v) is 6.52. The molecule has 0 saturated heterocycles. The Morgan fingerprint density at radius 3 is 2.91 bits per heavy atom. The third kappa shape index (κ3) is 1.03. The Hall–Kier alpha value is -1.24. The van der Waals surface area contributed by atoms with Crippen molar-refractivity contribution in [3.63, 3.8) is 0 Å². The lowest BCUT2D eigenvalue weighted by molar-refractivity contribution is 1.07. The summed E-state index contributed by atoms with van der Waals surface area (Å²) >= 11 is 0. The van der Waals surface area contributed by atoms with Gasteiger partial charge in [-0.05, 0) is 12.5 Å². The van der Waals surface area contributed by atoms with E-state index in [1.54, 1.807) is 0 Å². The minimum atomic E-state index is 1.02. The summed E-state index contributed by atoms with van der Waals surface area (Å²) in [5.74, 6) is 0. The predicted octanol–water partition coefficient (Wildman–Crippen LogP) is 2.53. The van der Waals surface area contributed by atoms with Crippen molar-refractivity contribution in [3.05, 3.63) is 36.0 Å². The smallest absolute Gasteiger partial charge is 0.0462 e. The standard InChI is InChI=1S/C10H10N/c1-2-9-7-8-5-3-4-6-10(8)11-9/h3-6,11H,2H2,1H3. The van der Waals surface area contributed by atoms with Gasteiger partial charge in [-0.3, -0.25) is 0 Å². The van der Waals surface area contributed by atoms with Crippen LogP contribution in [0.15, 0.2) is 24.3 Å². The first-order chi connectivity index (χ1) is 5.40. The summed E-state index contributed by atoms with van der Waals surface area (Å²) in [4.78, 5) is 3.29. The first-order valence-electron chi connectivity index (χ1n) is 3.89. The van der Waals surface area contributed by atoms with Crippen LogP contribution in [0.4, 0.5) is 0 Å². The minimum absolute atomic E-state index is 1.02. The summed E-state index contributed by atoms with van der Waals surface area (Å²) in [6.07, 6.45) is 1.02. The number of rotatable bonds is 1. The van der Waals surface area contributed by atoms with E-state index < -0.39 is 0 Å². The van der Waals surface area contributed by atoms with E-state index in [1.807, 2.05) is 12.1 Å². The van der Waals surface area contributed by atoms with Crippen LogP contribution in [0.2, 0.25) is 0 Å². The quantitative estimate of drug-likeness (QED) is 0.633. The third-order valence-electron chi connectivity index (χ3n) is 1.85. The molecule has 0 aliphatic rings. The summed E-state index contributed by atoms with van der Waals surface area (Å²) in [7, 11) is 0. The maximum atomic E-state index is 3.29. The lowest BCUT2D eigenvalue weighted by atomic mass is 10.2. The van der Waals surface area contributed by atoms with Crippen molar-refractivity contribution < 1.29 is 0 Å². The van der Waals surface area contributed by atoms with Gasteiger partial charge in [-0.1, -0.05) is 25.1 Å². The van der Waals surface area contributed by atoms with Crippen molar-refractivity contribution in [2.45, 2.75) is 13.3 Å². The molecule has 0 fully saturated rings. The second kappa shape index (κ2) is 2.42. The number of aromatic amines is 1. The van der Waals surface area contributed by atoms with Crippen LogP contribution in [0.1, 0.15) is 12.6 Å². The Labute approximate surface area is 66.1 Å². The Kier molecular flexibility index (Phi) is 1.42. The zero-order chi connectivity index (χ0) is 7.68. The van der Waals surface area contributed by atoms with Crippen LogP contribution in [0.5, 0.6) is 0 Å². The maximum absolute atomic E-state index is 3.29. The van der Waals surface area contributed by atoms with E-state index in [9.17, 15) is 0 Å². The largest absolute Gasteiger partial charge is 0.358 e. The molecular weight excluding hydrogens is 134 g/mol. The van der Waals surface area contributed by atoms with Gasteiger partial charge in [-0.2, -0.15) is 0 Å². The average molecular weight is 144 g/mol. The van der Waals surface area contributed by atoms with Crippen molar-refractivity contribution in [1.29, 1.82) is 0 Å². The third-order valence-corrected chi connectivity index (χ3v) is 1.85. The first-order valence-corrected chi connectivity index (χ1v) is 3.89. The molecule has 0 aliphatic carbocycles. The monoisotopic (exact) mass is 144 g/mol. The van der Waals surface area contributed by atoms with E-state index in [0.29, 0.717) is 0 Å². The molecule has 1 heteroatoms. The van der Waals surface area contributed by atoms with Crippen LogP contribution in [0, 0.1) is 6.07 Å². The number of para-hydroxylation sites is 1. The van der Waals surface area contributed by atoms with E-state index in [0.717, 1.165) is 6.42 Å². The molecular formula is C10H10N. The number of nitrogens with one attached hydrogen (secondary N) is 1. The highest BCUT2D eigenvalue weighted by atomic mass is 14.7. The molecule has 0 atom stereocenters. The van der Waals surface area contributed by atoms with E-state index in [1.165, 1.54) is 16.6 Å². The van der Waals surface area contributed by atoms with Gasteiger partial charge in [-0.25, -0.2) is 0 Å². The molecule has 1 aromatic carbocycles. The van der Waals surface area contributed by atoms with Crippen LogP contribution < -0.4 is 0 Å². The van der Waals surface area contributed by atoms with Gasteiger partial charge >= 0.3 is 0 Å². The topological polar surface area (TPSA) is 15.8 Å². The molecule has 1 aromatic heterocycles. The Morgan fingerprint density at radius 1 is 1.36 bits per heavy atom. The van der Waals surface area contributed by atoms with Gasteiger partial charge in [0.15, 0.2) is 0 Å². The Balaban J connectivity index is 2.69. The molecule has 0 spiro atoms. The maximum Gasteiger partial charge on any atom is 0.0462 e. The van der Waals surface area contributed by atoms with Crippen molar-refractivity contribution in [1.82, 2.24) is 4.98 Å². The number of fused-ring (bicyclic) bond motifs is 1. The molecule has 2 aromatic rings. The second-order valence-electron chi connectivity index (χ2n) is 2.63. The van der Waals surface area contributed by atoms with Crippen LogP contribution in [0.3, 0.4) is 0 Å². The zero-order valence-electron chi connectivity index (χ0n) is 6.52. The molecule has 55 valence electrons. The predicted molar refractivity (Wildman–Crippen MR) is 46.5 cm³/mol. The highest BCUT2D eigenvalue weighted by molar-refractivity contribution is 5.79. The molecule has 1 heterocycles. The fraction of sp³-hybridized carbons (Fsp3) is 0.200. The number of H-pyrrole nitrogens is 1. The number of aromatic nitrogens is 1. The summed E-state index contributed by atoms with van der Waals surface area (Å²) in [6, 6.07) is 11.5. The molecule has 0 saturated carbocycles. The van der Waals surface area contributed by atoms with Crippen molar-refractivity contribution >= 4 is 10.9 Å². The van der Waals surface area contributed by atoms with Crippen LogP contribution in [-0.4, -0.2) is 4.98 Å². The molecule has 0 amide bonds. The molecule has 2 rings (SSSR count). The van der Waals surface area contributed by atoms with Crippen molar-refractivity contribution in [2.24, 2.45) is 0 Å². The summed E-state index contributed by atoms with van der Waals surface area (Å²) in [5, 5.41) is 1.18. The minimum Gasteiger partial charge on any atom is -0.358 e. The molecule has 0 unspecified atom stereocenters.